The van der Waals surface area contributed by atoms with Crippen molar-refractivity contribution >= 4 is 0 Å². The van der Waals surface area contributed by atoms with Crippen LogP contribution in [0.2, 0.25) is 0 Å². The Kier molecular flexibility index (Phi) is 2.06. The third-order valence-electron chi connectivity index (χ3n) is 2.90. The van der Waals surface area contributed by atoms with Gasteiger partial charge in [-0.1, -0.05) is 0 Å². The van der Waals surface area contributed by atoms with E-state index in [-0.39, 0.29) is 5.41 Å². The zero-order valence-corrected chi connectivity index (χ0v) is 8.87. The maximum atomic E-state index is 4.58. The van der Waals surface area contributed by atoms with Gasteiger partial charge in [0.15, 0.2) is 0 Å². The van der Waals surface area contributed by atoms with E-state index < -0.39 is 0 Å². The number of hydrogen-bond donors (Lipinski definition) is 0. The molecule has 1 aliphatic carbocycles. The Bertz CT molecular complexity index is 228. The van der Waals surface area contributed by atoms with Gasteiger partial charge in [-0.15, -0.1) is 0 Å². The van der Waals surface area contributed by atoms with Gasteiger partial charge in [0.25, 0.3) is 0 Å². The summed E-state index contributed by atoms with van der Waals surface area (Å²) in [6, 6.07) is 0. The molecule has 1 heteroatoms. The van der Waals surface area contributed by atoms with Crippen LogP contribution < -0.4 is 0 Å². The van der Waals surface area contributed by atoms with Crippen LogP contribution in [0.5, 0.6) is 0 Å². The summed E-state index contributed by atoms with van der Waals surface area (Å²) >= 11 is 4.58. The van der Waals surface area contributed by atoms with Crippen LogP contribution in [0, 0.1) is 5.41 Å². The van der Waals surface area contributed by atoms with Crippen molar-refractivity contribution in [1.29, 1.82) is 0 Å². The van der Waals surface area contributed by atoms with Crippen molar-refractivity contribution in [2.45, 2.75) is 34.6 Å². The molecule has 1 aliphatic rings. The van der Waals surface area contributed by atoms with Gasteiger partial charge in [-0.25, -0.2) is 0 Å². The topological polar surface area (TPSA) is 0 Å². The van der Waals surface area contributed by atoms with Crippen molar-refractivity contribution < 1.29 is 15.7 Å². The predicted octanol–water partition coefficient (Wildman–Crippen LogP) is 3.18. The first-order chi connectivity index (χ1) is 4.89. The SMILES string of the molecule is CC1=C(C)C(C)(C)[C]([Co])=C1C. The zero-order chi connectivity index (χ0) is 8.81. The molecular formula is C10H15Co. The predicted molar refractivity (Wildman–Crippen MR) is 44.9 cm³/mol. The normalized spacial score (nSPS) is 23.5. The van der Waals surface area contributed by atoms with E-state index in [1.807, 2.05) is 0 Å². The molecule has 0 aromatic heterocycles. The zero-order valence-electron chi connectivity index (χ0n) is 7.83. The summed E-state index contributed by atoms with van der Waals surface area (Å²) in [7, 11) is 0. The molecule has 0 atom stereocenters. The minimum absolute atomic E-state index is 0.175. The molecule has 0 aromatic carbocycles. The van der Waals surface area contributed by atoms with Gasteiger partial charge in [0, 0.05) is 0 Å². The van der Waals surface area contributed by atoms with Crippen LogP contribution in [0.15, 0.2) is 21.2 Å². The maximum absolute atomic E-state index is 4.58. The van der Waals surface area contributed by atoms with Crippen molar-refractivity contribution in [3.8, 4) is 0 Å². The van der Waals surface area contributed by atoms with Crippen LogP contribution in [0.3, 0.4) is 0 Å². The van der Waals surface area contributed by atoms with Crippen molar-refractivity contribution in [2.24, 2.45) is 5.41 Å². The third-order valence-corrected chi connectivity index (χ3v) is 3.94. The summed E-state index contributed by atoms with van der Waals surface area (Å²) < 4.78 is 1.22. The molecule has 1 rings (SSSR count). The average molecular weight is 194 g/mol. The molecular weight excluding hydrogens is 179 g/mol. The summed E-state index contributed by atoms with van der Waals surface area (Å²) in [6.07, 6.45) is 0. The van der Waals surface area contributed by atoms with E-state index >= 15 is 0 Å². The fourth-order valence-corrected chi connectivity index (χ4v) is 1.92. The van der Waals surface area contributed by atoms with Gasteiger partial charge < -0.3 is 0 Å². The molecule has 11 heavy (non-hydrogen) atoms. The van der Waals surface area contributed by atoms with E-state index in [0.717, 1.165) is 0 Å². The first kappa shape index (κ1) is 9.08. The minimum atomic E-state index is 0.175. The fourth-order valence-electron chi connectivity index (χ4n) is 1.53. The average Bonchev–Trinajstić information content (AvgIpc) is 2.06. The van der Waals surface area contributed by atoms with E-state index in [0.29, 0.717) is 0 Å². The van der Waals surface area contributed by atoms with Crippen LogP contribution in [-0.4, -0.2) is 0 Å². The number of hydrogen-bond acceptors (Lipinski definition) is 0. The van der Waals surface area contributed by atoms with E-state index in [1.54, 1.807) is 0 Å². The molecule has 0 bridgehead atoms. The van der Waals surface area contributed by atoms with Crippen molar-refractivity contribution in [2.75, 3.05) is 0 Å². The second-order valence-electron chi connectivity index (χ2n) is 3.79. The first-order valence-electron chi connectivity index (χ1n) is 3.92. The first-order valence-corrected chi connectivity index (χ1v) is 4.44. The summed E-state index contributed by atoms with van der Waals surface area (Å²) in [5.74, 6) is 0. The second-order valence-corrected chi connectivity index (χ2v) is 4.31. The summed E-state index contributed by atoms with van der Waals surface area (Å²) in [5.41, 5.74) is 4.40. The van der Waals surface area contributed by atoms with E-state index in [9.17, 15) is 0 Å². The van der Waals surface area contributed by atoms with E-state index in [1.165, 1.54) is 21.2 Å². The Hall–Kier alpha value is -0.0135. The molecule has 0 N–H and O–H groups in total. The van der Waals surface area contributed by atoms with Gasteiger partial charge in [-0.2, -0.15) is 0 Å². The van der Waals surface area contributed by atoms with Crippen molar-refractivity contribution in [3.63, 3.8) is 0 Å². The molecule has 64 valence electrons. The quantitative estimate of drug-likeness (QED) is 0.555. The van der Waals surface area contributed by atoms with Crippen molar-refractivity contribution in [1.82, 2.24) is 0 Å². The Morgan fingerprint density at radius 3 is 1.55 bits per heavy atom. The van der Waals surface area contributed by atoms with E-state index in [4.69, 9.17) is 0 Å². The summed E-state index contributed by atoms with van der Waals surface area (Å²) in [5, 5.41) is 0. The van der Waals surface area contributed by atoms with Crippen LogP contribution in [-0.2, 0) is 15.7 Å². The van der Waals surface area contributed by atoms with E-state index in [2.05, 4.69) is 50.4 Å². The number of allylic oxidation sites excluding steroid dienone is 4. The molecule has 0 nitrogen and oxygen atoms in total. The second kappa shape index (κ2) is 2.49. The summed E-state index contributed by atoms with van der Waals surface area (Å²) in [4.78, 5) is 0. The molecule has 0 spiro atoms. The van der Waals surface area contributed by atoms with Crippen molar-refractivity contribution in [3.05, 3.63) is 21.2 Å². The molecule has 0 aromatic rings. The van der Waals surface area contributed by atoms with Gasteiger partial charge in [-0.05, 0) is 0 Å². The molecule has 0 saturated carbocycles. The fraction of sp³-hybridized carbons (Fsp3) is 0.600. The Morgan fingerprint density at radius 1 is 1.00 bits per heavy atom. The van der Waals surface area contributed by atoms with Crippen LogP contribution in [0.4, 0.5) is 0 Å². The Labute approximate surface area is 77.3 Å². The van der Waals surface area contributed by atoms with Gasteiger partial charge in [0.1, 0.15) is 0 Å². The molecule has 0 saturated heterocycles. The molecule has 0 radical (unpaired) electrons. The Balaban J connectivity index is 3.27. The molecule has 0 amide bonds. The van der Waals surface area contributed by atoms with Gasteiger partial charge >= 0.3 is 77.0 Å². The number of rotatable bonds is 0. The monoisotopic (exact) mass is 194 g/mol. The third kappa shape index (κ3) is 1.11. The molecule has 0 unspecified atom stereocenters. The summed E-state index contributed by atoms with van der Waals surface area (Å²) in [6.45, 7) is 11.0. The van der Waals surface area contributed by atoms with Gasteiger partial charge in [0.2, 0.25) is 0 Å². The van der Waals surface area contributed by atoms with Crippen LogP contribution in [0.25, 0.3) is 0 Å². The van der Waals surface area contributed by atoms with Crippen LogP contribution >= 0.6 is 0 Å². The molecule has 0 fully saturated rings. The van der Waals surface area contributed by atoms with Crippen LogP contribution in [0.1, 0.15) is 34.6 Å². The molecule has 0 heterocycles. The molecule has 0 aliphatic heterocycles. The Morgan fingerprint density at radius 2 is 1.45 bits per heavy atom. The van der Waals surface area contributed by atoms with Gasteiger partial charge in [0.05, 0.1) is 0 Å². The van der Waals surface area contributed by atoms with Gasteiger partial charge in [-0.3, -0.25) is 0 Å². The standard InChI is InChI=1S/C10H15.Co/c1-7-6-10(4,5)9(3)8(7)2;/h1-5H3;.